The van der Waals surface area contributed by atoms with Gasteiger partial charge in [0, 0.05) is 12.1 Å². The highest BCUT2D eigenvalue weighted by Crippen LogP contribution is 2.21. The average molecular weight is 273 g/mol. The van der Waals surface area contributed by atoms with E-state index in [9.17, 15) is 0 Å². The van der Waals surface area contributed by atoms with Crippen LogP contribution in [0.15, 0.2) is 41.0 Å². The number of aryl methyl sites for hydroxylation is 1. The molecular formula is C17H23NO2. The van der Waals surface area contributed by atoms with Gasteiger partial charge in [0.1, 0.15) is 18.1 Å². The standard InChI is InChI=1S/C17H23NO2/c1-3-10-18-12-15-9-11-19-17(15)13-20-16-8-6-5-7-14(16)4-2/h5-9,11,18H,3-4,10,12-13H2,1-2H3. The van der Waals surface area contributed by atoms with Gasteiger partial charge in [-0.2, -0.15) is 0 Å². The van der Waals surface area contributed by atoms with Crippen LogP contribution >= 0.6 is 0 Å². The lowest BCUT2D eigenvalue weighted by molar-refractivity contribution is 0.266. The molecule has 3 heteroatoms. The number of nitrogens with one attached hydrogen (secondary N) is 1. The molecule has 0 fully saturated rings. The van der Waals surface area contributed by atoms with E-state index in [0.29, 0.717) is 6.61 Å². The number of ether oxygens (including phenoxy) is 1. The van der Waals surface area contributed by atoms with Gasteiger partial charge in [-0.3, -0.25) is 0 Å². The van der Waals surface area contributed by atoms with Gasteiger partial charge in [0.05, 0.1) is 6.26 Å². The van der Waals surface area contributed by atoms with E-state index in [4.69, 9.17) is 9.15 Å². The highest BCUT2D eigenvalue weighted by Gasteiger charge is 2.08. The lowest BCUT2D eigenvalue weighted by Gasteiger charge is -2.10. The van der Waals surface area contributed by atoms with Gasteiger partial charge >= 0.3 is 0 Å². The van der Waals surface area contributed by atoms with E-state index in [1.54, 1.807) is 6.26 Å². The quantitative estimate of drug-likeness (QED) is 0.740. The third-order valence-corrected chi connectivity index (χ3v) is 3.29. The van der Waals surface area contributed by atoms with Crippen LogP contribution in [0.2, 0.25) is 0 Å². The minimum Gasteiger partial charge on any atom is -0.485 e. The molecule has 0 saturated heterocycles. The van der Waals surface area contributed by atoms with Crippen LogP contribution in [-0.4, -0.2) is 6.54 Å². The summed E-state index contributed by atoms with van der Waals surface area (Å²) in [5, 5.41) is 3.38. The molecule has 2 aromatic rings. The van der Waals surface area contributed by atoms with Crippen LogP contribution in [0.3, 0.4) is 0 Å². The summed E-state index contributed by atoms with van der Waals surface area (Å²) < 4.78 is 11.4. The number of hydrogen-bond donors (Lipinski definition) is 1. The zero-order chi connectivity index (χ0) is 14.2. The van der Waals surface area contributed by atoms with Gasteiger partial charge in [0.15, 0.2) is 0 Å². The van der Waals surface area contributed by atoms with Crippen molar-refractivity contribution in [2.24, 2.45) is 0 Å². The number of para-hydroxylation sites is 1. The second-order valence-electron chi connectivity index (χ2n) is 4.80. The summed E-state index contributed by atoms with van der Waals surface area (Å²) in [6, 6.07) is 10.2. The van der Waals surface area contributed by atoms with Gasteiger partial charge in [0.25, 0.3) is 0 Å². The minimum absolute atomic E-state index is 0.479. The predicted octanol–water partition coefficient (Wildman–Crippen LogP) is 3.92. The van der Waals surface area contributed by atoms with Crippen LogP contribution in [-0.2, 0) is 19.6 Å². The molecule has 20 heavy (non-hydrogen) atoms. The first kappa shape index (κ1) is 14.7. The molecule has 0 amide bonds. The number of hydrogen-bond acceptors (Lipinski definition) is 3. The fraction of sp³-hybridized carbons (Fsp3) is 0.412. The molecule has 0 aliphatic rings. The fourth-order valence-electron chi connectivity index (χ4n) is 2.13. The van der Waals surface area contributed by atoms with Crippen molar-refractivity contribution in [3.05, 3.63) is 53.5 Å². The summed E-state index contributed by atoms with van der Waals surface area (Å²) in [5.74, 6) is 1.85. The van der Waals surface area contributed by atoms with Crippen LogP contribution in [0.5, 0.6) is 5.75 Å². The van der Waals surface area contributed by atoms with Gasteiger partial charge in [-0.05, 0) is 37.1 Å². The first-order chi connectivity index (χ1) is 9.85. The summed E-state index contributed by atoms with van der Waals surface area (Å²) in [4.78, 5) is 0. The van der Waals surface area contributed by atoms with E-state index in [0.717, 1.165) is 37.4 Å². The number of benzene rings is 1. The van der Waals surface area contributed by atoms with Gasteiger partial charge in [-0.25, -0.2) is 0 Å². The molecular weight excluding hydrogens is 250 g/mol. The van der Waals surface area contributed by atoms with Gasteiger partial charge in [0.2, 0.25) is 0 Å². The largest absolute Gasteiger partial charge is 0.485 e. The van der Waals surface area contributed by atoms with Crippen molar-refractivity contribution in [3.8, 4) is 5.75 Å². The summed E-state index contributed by atoms with van der Waals surface area (Å²) >= 11 is 0. The van der Waals surface area contributed by atoms with Crippen molar-refractivity contribution in [3.63, 3.8) is 0 Å². The van der Waals surface area contributed by atoms with Crippen molar-refractivity contribution in [1.82, 2.24) is 5.32 Å². The van der Waals surface area contributed by atoms with E-state index in [-0.39, 0.29) is 0 Å². The summed E-state index contributed by atoms with van der Waals surface area (Å²) in [5.41, 5.74) is 2.40. The Morgan fingerprint density at radius 3 is 2.75 bits per heavy atom. The topological polar surface area (TPSA) is 34.4 Å². The van der Waals surface area contributed by atoms with E-state index in [1.807, 2.05) is 24.3 Å². The third-order valence-electron chi connectivity index (χ3n) is 3.29. The molecule has 1 aromatic heterocycles. The molecule has 108 valence electrons. The smallest absolute Gasteiger partial charge is 0.146 e. The highest BCUT2D eigenvalue weighted by molar-refractivity contribution is 5.33. The van der Waals surface area contributed by atoms with Crippen LogP contribution in [0.25, 0.3) is 0 Å². The summed E-state index contributed by atoms with van der Waals surface area (Å²) in [6.45, 7) is 6.62. The Balaban J connectivity index is 1.95. The second-order valence-corrected chi connectivity index (χ2v) is 4.80. The zero-order valence-electron chi connectivity index (χ0n) is 12.3. The van der Waals surface area contributed by atoms with Crippen molar-refractivity contribution in [1.29, 1.82) is 0 Å². The molecule has 0 aliphatic carbocycles. The molecule has 0 bridgehead atoms. The van der Waals surface area contributed by atoms with Gasteiger partial charge < -0.3 is 14.5 Å². The Morgan fingerprint density at radius 1 is 1.10 bits per heavy atom. The molecule has 0 spiro atoms. The number of rotatable bonds is 8. The third kappa shape index (κ3) is 3.87. The van der Waals surface area contributed by atoms with Crippen molar-refractivity contribution in [2.75, 3.05) is 6.54 Å². The SMILES string of the molecule is CCCNCc1ccoc1COc1ccccc1CC. The van der Waals surface area contributed by atoms with E-state index >= 15 is 0 Å². The molecule has 1 N–H and O–H groups in total. The zero-order valence-corrected chi connectivity index (χ0v) is 12.3. The van der Waals surface area contributed by atoms with Crippen LogP contribution in [0, 0.1) is 0 Å². The summed E-state index contributed by atoms with van der Waals surface area (Å²) in [7, 11) is 0. The molecule has 0 aliphatic heterocycles. The van der Waals surface area contributed by atoms with E-state index in [2.05, 4.69) is 25.2 Å². The Bertz CT molecular complexity index is 519. The van der Waals surface area contributed by atoms with Crippen molar-refractivity contribution >= 4 is 0 Å². The maximum Gasteiger partial charge on any atom is 0.146 e. The second kappa shape index (κ2) is 7.75. The predicted molar refractivity (Wildman–Crippen MR) is 80.9 cm³/mol. The maximum atomic E-state index is 5.90. The normalized spacial score (nSPS) is 10.7. The van der Waals surface area contributed by atoms with E-state index in [1.165, 1.54) is 11.1 Å². The molecule has 0 unspecified atom stereocenters. The molecule has 0 radical (unpaired) electrons. The minimum atomic E-state index is 0.479. The van der Waals surface area contributed by atoms with Crippen molar-refractivity contribution < 1.29 is 9.15 Å². The van der Waals surface area contributed by atoms with Crippen LogP contribution in [0.4, 0.5) is 0 Å². The van der Waals surface area contributed by atoms with Gasteiger partial charge in [-0.1, -0.05) is 32.0 Å². The Kier molecular flexibility index (Phi) is 5.69. The Labute approximate surface area is 121 Å². The number of furan rings is 1. The first-order valence-corrected chi connectivity index (χ1v) is 7.31. The monoisotopic (exact) mass is 273 g/mol. The Morgan fingerprint density at radius 2 is 1.95 bits per heavy atom. The average Bonchev–Trinajstić information content (AvgIpc) is 2.93. The highest BCUT2D eigenvalue weighted by atomic mass is 16.5. The van der Waals surface area contributed by atoms with Crippen LogP contribution in [0.1, 0.15) is 37.2 Å². The molecule has 1 heterocycles. The van der Waals surface area contributed by atoms with Crippen molar-refractivity contribution in [2.45, 2.75) is 39.8 Å². The van der Waals surface area contributed by atoms with Gasteiger partial charge in [-0.15, -0.1) is 0 Å². The first-order valence-electron chi connectivity index (χ1n) is 7.31. The maximum absolute atomic E-state index is 5.90. The summed E-state index contributed by atoms with van der Waals surface area (Å²) in [6.07, 6.45) is 3.83. The Hall–Kier alpha value is -1.74. The lowest BCUT2D eigenvalue weighted by Crippen LogP contribution is -2.14. The molecule has 3 nitrogen and oxygen atoms in total. The molecule has 1 aromatic carbocycles. The molecule has 0 atom stereocenters. The lowest BCUT2D eigenvalue weighted by atomic mass is 10.1. The fourth-order valence-corrected chi connectivity index (χ4v) is 2.13. The van der Waals surface area contributed by atoms with E-state index < -0.39 is 0 Å². The molecule has 2 rings (SSSR count). The van der Waals surface area contributed by atoms with Crippen LogP contribution < -0.4 is 10.1 Å². The molecule has 0 saturated carbocycles.